The molecule has 2 aliphatic heterocycles. The first-order valence-corrected chi connectivity index (χ1v) is 2.70. The van der Waals surface area contributed by atoms with E-state index < -0.39 is 0 Å². The second kappa shape index (κ2) is 1.20. The van der Waals surface area contributed by atoms with Crippen LogP contribution in [0.1, 0.15) is 6.42 Å². The minimum absolute atomic E-state index is 0.194. The molecule has 2 saturated heterocycles. The number of rotatable bonds is 0. The summed E-state index contributed by atoms with van der Waals surface area (Å²) >= 11 is 0. The molecule has 0 aromatic carbocycles. The molecule has 0 radical (unpaired) electrons. The van der Waals surface area contributed by atoms with Crippen LogP contribution in [-0.4, -0.2) is 19.5 Å². The Morgan fingerprint density at radius 2 is 2.29 bits per heavy atom. The first-order chi connectivity index (χ1) is 3.47. The van der Waals surface area contributed by atoms with E-state index in [4.69, 9.17) is 9.47 Å². The van der Waals surface area contributed by atoms with Gasteiger partial charge in [-0.3, -0.25) is 0 Å². The van der Waals surface area contributed by atoms with E-state index in [1.54, 1.807) is 0 Å². The van der Waals surface area contributed by atoms with Gasteiger partial charge < -0.3 is 9.47 Å². The Hall–Kier alpha value is -0.0800. The molecule has 7 heavy (non-hydrogen) atoms. The quantitative estimate of drug-likeness (QED) is 0.438. The number of hydrogen-bond donors (Lipinski definition) is 0. The van der Waals surface area contributed by atoms with E-state index in [9.17, 15) is 0 Å². The van der Waals surface area contributed by atoms with Crippen LogP contribution in [0.4, 0.5) is 0 Å². The molecule has 0 amide bonds. The maximum Gasteiger partial charge on any atom is 0.162 e. The van der Waals surface area contributed by atoms with Gasteiger partial charge >= 0.3 is 0 Å². The third-order valence-corrected chi connectivity index (χ3v) is 1.63. The molecule has 2 aliphatic rings. The molecular formula is C5H8O2. The average Bonchev–Trinajstić information content (AvgIpc) is 1.85. The SMILES string of the molecule is C1CC2COC2O1. The summed E-state index contributed by atoms with van der Waals surface area (Å²) in [4.78, 5) is 0. The highest BCUT2D eigenvalue weighted by atomic mass is 16.7. The lowest BCUT2D eigenvalue weighted by atomic mass is 10.1. The lowest BCUT2D eigenvalue weighted by Crippen LogP contribution is -2.35. The van der Waals surface area contributed by atoms with Crippen molar-refractivity contribution in [3.05, 3.63) is 0 Å². The molecule has 0 spiro atoms. The number of ether oxygens (including phenoxy) is 2. The van der Waals surface area contributed by atoms with Gasteiger partial charge in [-0.2, -0.15) is 0 Å². The largest absolute Gasteiger partial charge is 0.352 e. The molecule has 2 nitrogen and oxygen atoms in total. The Morgan fingerprint density at radius 1 is 1.29 bits per heavy atom. The normalized spacial score (nSPS) is 48.0. The van der Waals surface area contributed by atoms with Crippen LogP contribution in [0.5, 0.6) is 0 Å². The van der Waals surface area contributed by atoms with Crippen molar-refractivity contribution < 1.29 is 9.47 Å². The third-order valence-electron chi connectivity index (χ3n) is 1.63. The van der Waals surface area contributed by atoms with Crippen LogP contribution in [-0.2, 0) is 9.47 Å². The van der Waals surface area contributed by atoms with E-state index in [0.717, 1.165) is 19.1 Å². The Morgan fingerprint density at radius 3 is 2.57 bits per heavy atom. The molecule has 2 heterocycles. The molecule has 2 atom stereocenters. The minimum Gasteiger partial charge on any atom is -0.352 e. The van der Waals surface area contributed by atoms with Crippen LogP contribution in [0.15, 0.2) is 0 Å². The fourth-order valence-corrected chi connectivity index (χ4v) is 1.05. The molecule has 0 N–H and O–H groups in total. The van der Waals surface area contributed by atoms with Gasteiger partial charge in [0.05, 0.1) is 13.2 Å². The summed E-state index contributed by atoms with van der Waals surface area (Å²) < 4.78 is 10.2. The second-order valence-corrected chi connectivity index (χ2v) is 2.12. The van der Waals surface area contributed by atoms with Crippen molar-refractivity contribution in [2.24, 2.45) is 5.92 Å². The smallest absolute Gasteiger partial charge is 0.162 e. The van der Waals surface area contributed by atoms with Crippen LogP contribution in [0, 0.1) is 5.92 Å². The predicted octanol–water partition coefficient (Wildman–Crippen LogP) is 0.379. The van der Waals surface area contributed by atoms with Crippen molar-refractivity contribution in [3.8, 4) is 0 Å². The zero-order valence-electron chi connectivity index (χ0n) is 4.09. The van der Waals surface area contributed by atoms with Crippen molar-refractivity contribution in [3.63, 3.8) is 0 Å². The van der Waals surface area contributed by atoms with Crippen LogP contribution >= 0.6 is 0 Å². The fraction of sp³-hybridized carbons (Fsp3) is 1.00. The predicted molar refractivity (Wildman–Crippen MR) is 23.8 cm³/mol. The van der Waals surface area contributed by atoms with Crippen LogP contribution in [0.25, 0.3) is 0 Å². The van der Waals surface area contributed by atoms with Gasteiger partial charge in [-0.1, -0.05) is 0 Å². The van der Waals surface area contributed by atoms with Gasteiger partial charge in [0.15, 0.2) is 6.29 Å². The molecule has 2 heteroatoms. The van der Waals surface area contributed by atoms with E-state index >= 15 is 0 Å². The standard InChI is InChI=1S/C5H8O2/c1-2-6-5-4(1)3-7-5/h4-5H,1-3H2. The van der Waals surface area contributed by atoms with E-state index in [2.05, 4.69) is 0 Å². The second-order valence-electron chi connectivity index (χ2n) is 2.12. The highest BCUT2D eigenvalue weighted by molar-refractivity contribution is 4.76. The first kappa shape index (κ1) is 3.87. The summed E-state index contributed by atoms with van der Waals surface area (Å²) in [6, 6.07) is 0. The first-order valence-electron chi connectivity index (χ1n) is 2.70. The molecule has 0 aliphatic carbocycles. The number of fused-ring (bicyclic) bond motifs is 1. The van der Waals surface area contributed by atoms with E-state index in [1.165, 1.54) is 6.42 Å². The lowest BCUT2D eigenvalue weighted by Gasteiger charge is -2.28. The van der Waals surface area contributed by atoms with Crippen molar-refractivity contribution in [1.82, 2.24) is 0 Å². The highest BCUT2D eigenvalue weighted by Crippen LogP contribution is 2.30. The van der Waals surface area contributed by atoms with Crippen molar-refractivity contribution >= 4 is 0 Å². The molecule has 0 bridgehead atoms. The Labute approximate surface area is 42.4 Å². The Kier molecular flexibility index (Phi) is 0.664. The Bertz CT molecular complexity index is 72.1. The van der Waals surface area contributed by atoms with Crippen LogP contribution in [0.2, 0.25) is 0 Å². The monoisotopic (exact) mass is 100 g/mol. The maximum atomic E-state index is 5.13. The van der Waals surface area contributed by atoms with E-state index in [1.807, 2.05) is 0 Å². The van der Waals surface area contributed by atoms with Gasteiger partial charge in [-0.25, -0.2) is 0 Å². The molecule has 0 aromatic heterocycles. The van der Waals surface area contributed by atoms with Crippen molar-refractivity contribution in [1.29, 1.82) is 0 Å². The van der Waals surface area contributed by atoms with Gasteiger partial charge in [-0.15, -0.1) is 0 Å². The zero-order chi connectivity index (χ0) is 4.69. The molecule has 2 rings (SSSR count). The molecule has 0 aromatic rings. The van der Waals surface area contributed by atoms with Gasteiger partial charge in [0.2, 0.25) is 0 Å². The third kappa shape index (κ3) is 0.409. The van der Waals surface area contributed by atoms with Gasteiger partial charge in [0, 0.05) is 5.92 Å². The molecule has 40 valence electrons. The summed E-state index contributed by atoms with van der Waals surface area (Å²) in [5.41, 5.74) is 0. The van der Waals surface area contributed by atoms with Crippen molar-refractivity contribution in [2.75, 3.05) is 13.2 Å². The molecule has 2 unspecified atom stereocenters. The van der Waals surface area contributed by atoms with Crippen molar-refractivity contribution in [2.45, 2.75) is 12.7 Å². The fourth-order valence-electron chi connectivity index (χ4n) is 1.05. The summed E-state index contributed by atoms with van der Waals surface area (Å²) in [6.07, 6.45) is 1.41. The zero-order valence-corrected chi connectivity index (χ0v) is 4.09. The lowest BCUT2D eigenvalue weighted by molar-refractivity contribution is -0.214. The van der Waals surface area contributed by atoms with E-state index in [0.29, 0.717) is 0 Å². The molecular weight excluding hydrogens is 92.1 g/mol. The van der Waals surface area contributed by atoms with Gasteiger partial charge in [0.1, 0.15) is 0 Å². The topological polar surface area (TPSA) is 18.5 Å². The summed E-state index contributed by atoms with van der Waals surface area (Å²) in [5, 5.41) is 0. The summed E-state index contributed by atoms with van der Waals surface area (Å²) in [7, 11) is 0. The van der Waals surface area contributed by atoms with Crippen LogP contribution < -0.4 is 0 Å². The van der Waals surface area contributed by atoms with E-state index in [-0.39, 0.29) is 6.29 Å². The summed E-state index contributed by atoms with van der Waals surface area (Å²) in [5.74, 6) is 0.750. The highest BCUT2D eigenvalue weighted by Gasteiger charge is 2.37. The maximum absolute atomic E-state index is 5.13. The van der Waals surface area contributed by atoms with Gasteiger partial charge in [-0.05, 0) is 6.42 Å². The number of hydrogen-bond acceptors (Lipinski definition) is 2. The Balaban J connectivity index is 2.03. The molecule has 2 fully saturated rings. The minimum atomic E-state index is 0.194. The molecule has 0 saturated carbocycles. The van der Waals surface area contributed by atoms with Gasteiger partial charge in [0.25, 0.3) is 0 Å². The van der Waals surface area contributed by atoms with Crippen LogP contribution in [0.3, 0.4) is 0 Å². The average molecular weight is 100 g/mol. The summed E-state index contributed by atoms with van der Waals surface area (Å²) in [6.45, 7) is 1.85.